The molecule has 0 radical (unpaired) electrons. The Balaban J connectivity index is 1.62. The maximum Gasteiger partial charge on any atom is -0.0383 e. The van der Waals surface area contributed by atoms with E-state index in [1.54, 1.807) is 44.9 Å². The third-order valence-corrected chi connectivity index (χ3v) is 6.24. The highest BCUT2D eigenvalue weighted by Gasteiger charge is 2.34. The monoisotopic (exact) mass is 278 g/mol. The first-order valence-corrected chi connectivity index (χ1v) is 9.83. The number of fused-ring (bicyclic) bond motifs is 1. The fourth-order valence-corrected chi connectivity index (χ4v) is 5.05. The van der Waals surface area contributed by atoms with Crippen LogP contribution < -0.4 is 0 Å². The van der Waals surface area contributed by atoms with Crippen molar-refractivity contribution in [2.75, 3.05) is 0 Å². The van der Waals surface area contributed by atoms with Crippen LogP contribution in [0.1, 0.15) is 104 Å². The molecule has 0 aromatic rings. The largest absolute Gasteiger partial charge is 0.0654 e. The van der Waals surface area contributed by atoms with Crippen molar-refractivity contribution in [2.24, 2.45) is 23.7 Å². The molecule has 20 heavy (non-hydrogen) atoms. The zero-order chi connectivity index (χ0) is 14.2. The lowest BCUT2D eigenvalue weighted by Gasteiger charge is -2.42. The zero-order valence-corrected chi connectivity index (χ0v) is 14.2. The van der Waals surface area contributed by atoms with E-state index in [-0.39, 0.29) is 0 Å². The smallest absolute Gasteiger partial charge is 0.0383 e. The highest BCUT2D eigenvalue weighted by Crippen LogP contribution is 2.46. The normalized spacial score (nSPS) is 33.9. The average Bonchev–Trinajstić information content (AvgIpc) is 2.47. The number of rotatable bonds is 8. The molecule has 0 nitrogen and oxygen atoms in total. The number of hydrogen-bond acceptors (Lipinski definition) is 0. The lowest BCUT2D eigenvalue weighted by molar-refractivity contribution is 0.0911. The van der Waals surface area contributed by atoms with Gasteiger partial charge in [-0.05, 0) is 49.4 Å². The van der Waals surface area contributed by atoms with Crippen molar-refractivity contribution < 1.29 is 0 Å². The molecule has 0 heterocycles. The van der Waals surface area contributed by atoms with E-state index < -0.39 is 0 Å². The fourth-order valence-electron chi connectivity index (χ4n) is 5.05. The van der Waals surface area contributed by atoms with Gasteiger partial charge < -0.3 is 0 Å². The second-order valence-corrected chi connectivity index (χ2v) is 7.87. The van der Waals surface area contributed by atoms with Crippen molar-refractivity contribution in [3.8, 4) is 0 Å². The lowest BCUT2D eigenvalue weighted by Crippen LogP contribution is -2.31. The minimum absolute atomic E-state index is 1.09. The molecule has 2 saturated carbocycles. The number of unbranched alkanes of at least 4 members (excludes halogenated alkanes) is 4. The van der Waals surface area contributed by atoms with E-state index >= 15 is 0 Å². The molecular formula is C20H38. The topological polar surface area (TPSA) is 0 Å². The molecule has 118 valence electrons. The Bertz CT molecular complexity index is 244. The molecule has 0 bridgehead atoms. The van der Waals surface area contributed by atoms with Crippen LogP contribution in [-0.2, 0) is 0 Å². The molecule has 4 atom stereocenters. The van der Waals surface area contributed by atoms with E-state index in [2.05, 4.69) is 13.8 Å². The molecule has 0 N–H and O–H groups in total. The van der Waals surface area contributed by atoms with Crippen LogP contribution in [0.25, 0.3) is 0 Å². The summed E-state index contributed by atoms with van der Waals surface area (Å²) in [6.07, 6.45) is 21.2. The Morgan fingerprint density at radius 1 is 0.600 bits per heavy atom. The second-order valence-electron chi connectivity index (χ2n) is 7.87. The summed E-state index contributed by atoms with van der Waals surface area (Å²) in [5.41, 5.74) is 0. The average molecular weight is 279 g/mol. The van der Waals surface area contributed by atoms with Gasteiger partial charge in [-0.2, -0.15) is 0 Å². The van der Waals surface area contributed by atoms with Crippen LogP contribution in [-0.4, -0.2) is 0 Å². The highest BCUT2D eigenvalue weighted by molar-refractivity contribution is 4.86. The van der Waals surface area contributed by atoms with E-state index in [9.17, 15) is 0 Å². The molecule has 0 aliphatic heterocycles. The van der Waals surface area contributed by atoms with Gasteiger partial charge in [-0.15, -0.1) is 0 Å². The summed E-state index contributed by atoms with van der Waals surface area (Å²) in [5.74, 6) is 4.43. The minimum Gasteiger partial charge on any atom is -0.0654 e. The number of hydrogen-bond donors (Lipinski definition) is 0. The van der Waals surface area contributed by atoms with Gasteiger partial charge in [0.1, 0.15) is 0 Å². The molecule has 2 rings (SSSR count). The van der Waals surface area contributed by atoms with Crippen LogP contribution in [0.2, 0.25) is 0 Å². The summed E-state index contributed by atoms with van der Waals surface area (Å²) in [4.78, 5) is 0. The van der Waals surface area contributed by atoms with E-state index in [1.807, 2.05) is 0 Å². The summed E-state index contributed by atoms with van der Waals surface area (Å²) in [6.45, 7) is 4.68. The lowest BCUT2D eigenvalue weighted by atomic mass is 9.63. The maximum absolute atomic E-state index is 2.36. The van der Waals surface area contributed by atoms with Gasteiger partial charge in [-0.3, -0.25) is 0 Å². The van der Waals surface area contributed by atoms with Gasteiger partial charge >= 0.3 is 0 Å². The SMILES string of the molecule is CCCCCCC[C@@H]1CC[C@@H]2CC(CCC)CCC2C1. The van der Waals surface area contributed by atoms with E-state index in [1.165, 1.54) is 44.9 Å². The Labute approximate surface area is 128 Å². The van der Waals surface area contributed by atoms with Crippen molar-refractivity contribution in [1.82, 2.24) is 0 Å². The van der Waals surface area contributed by atoms with Gasteiger partial charge in [0.2, 0.25) is 0 Å². The van der Waals surface area contributed by atoms with Gasteiger partial charge in [0, 0.05) is 0 Å². The van der Waals surface area contributed by atoms with E-state index in [4.69, 9.17) is 0 Å². The van der Waals surface area contributed by atoms with Gasteiger partial charge in [0.25, 0.3) is 0 Å². The first-order valence-electron chi connectivity index (χ1n) is 9.83. The van der Waals surface area contributed by atoms with Crippen molar-refractivity contribution in [3.63, 3.8) is 0 Å². The molecule has 0 spiro atoms. The molecule has 0 saturated heterocycles. The fraction of sp³-hybridized carbons (Fsp3) is 1.00. The molecular weight excluding hydrogens is 240 g/mol. The van der Waals surface area contributed by atoms with Crippen molar-refractivity contribution >= 4 is 0 Å². The van der Waals surface area contributed by atoms with Crippen molar-refractivity contribution in [2.45, 2.75) is 104 Å². The third kappa shape index (κ3) is 5.08. The third-order valence-electron chi connectivity index (χ3n) is 6.24. The van der Waals surface area contributed by atoms with Crippen molar-refractivity contribution in [1.29, 1.82) is 0 Å². The Morgan fingerprint density at radius 3 is 1.80 bits per heavy atom. The maximum atomic E-state index is 2.36. The summed E-state index contributed by atoms with van der Waals surface area (Å²) >= 11 is 0. The molecule has 2 aliphatic carbocycles. The Morgan fingerprint density at radius 2 is 1.20 bits per heavy atom. The van der Waals surface area contributed by atoms with Crippen LogP contribution >= 0.6 is 0 Å². The molecule has 0 aromatic carbocycles. The molecule has 2 unspecified atom stereocenters. The molecule has 0 aromatic heterocycles. The summed E-state index contributed by atoms with van der Waals surface area (Å²) in [6, 6.07) is 0. The standard InChI is InChI=1S/C20H38/c1-3-5-6-7-8-10-18-12-14-19-15-17(9-4-2)11-13-20(19)16-18/h17-20H,3-16H2,1-2H3/t17?,18-,19-,20?/m1/s1. The molecule has 2 fully saturated rings. The van der Waals surface area contributed by atoms with Crippen LogP contribution in [0.4, 0.5) is 0 Å². The molecule has 0 amide bonds. The second kappa shape index (κ2) is 9.11. The van der Waals surface area contributed by atoms with Crippen LogP contribution in [0, 0.1) is 23.7 Å². The Kier molecular flexibility index (Phi) is 7.45. The first kappa shape index (κ1) is 16.4. The van der Waals surface area contributed by atoms with E-state index in [0.29, 0.717) is 0 Å². The highest BCUT2D eigenvalue weighted by atomic mass is 14.4. The minimum atomic E-state index is 1.09. The van der Waals surface area contributed by atoms with Crippen molar-refractivity contribution in [3.05, 3.63) is 0 Å². The van der Waals surface area contributed by atoms with Crippen LogP contribution in [0.15, 0.2) is 0 Å². The predicted octanol–water partition coefficient (Wildman–Crippen LogP) is 6.98. The first-order chi connectivity index (χ1) is 9.83. The predicted molar refractivity (Wildman–Crippen MR) is 89.9 cm³/mol. The summed E-state index contributed by atoms with van der Waals surface area (Å²) < 4.78 is 0. The molecule has 2 aliphatic rings. The van der Waals surface area contributed by atoms with Gasteiger partial charge in [0.05, 0.1) is 0 Å². The Hall–Kier alpha value is 0. The quantitative estimate of drug-likeness (QED) is 0.420. The summed E-state index contributed by atoms with van der Waals surface area (Å²) in [7, 11) is 0. The van der Waals surface area contributed by atoms with Gasteiger partial charge in [-0.1, -0.05) is 78.1 Å². The van der Waals surface area contributed by atoms with Gasteiger partial charge in [0.15, 0.2) is 0 Å². The van der Waals surface area contributed by atoms with E-state index in [0.717, 1.165) is 23.7 Å². The molecule has 0 heteroatoms. The summed E-state index contributed by atoms with van der Waals surface area (Å²) in [5, 5.41) is 0. The van der Waals surface area contributed by atoms with Gasteiger partial charge in [-0.25, -0.2) is 0 Å². The van der Waals surface area contributed by atoms with Crippen LogP contribution in [0.5, 0.6) is 0 Å². The zero-order valence-electron chi connectivity index (χ0n) is 14.2. The van der Waals surface area contributed by atoms with Crippen LogP contribution in [0.3, 0.4) is 0 Å².